The van der Waals surface area contributed by atoms with Gasteiger partial charge in [0.2, 0.25) is 0 Å². The summed E-state index contributed by atoms with van der Waals surface area (Å²) in [6.45, 7) is 1.37. The van der Waals surface area contributed by atoms with Gasteiger partial charge >= 0.3 is 0 Å². The molecule has 0 saturated carbocycles. The third-order valence-electron chi connectivity index (χ3n) is 1.73. The molecule has 1 aromatic rings. The van der Waals surface area contributed by atoms with Crippen molar-refractivity contribution < 1.29 is 9.47 Å². The number of ether oxygens (including phenoxy) is 2. The van der Waals surface area contributed by atoms with Crippen LogP contribution < -0.4 is 4.74 Å². The fourth-order valence-corrected chi connectivity index (χ4v) is 1.21. The highest BCUT2D eigenvalue weighted by Crippen LogP contribution is 2.26. The van der Waals surface area contributed by atoms with E-state index in [9.17, 15) is 0 Å². The van der Waals surface area contributed by atoms with Gasteiger partial charge in [-0.05, 0) is 12.1 Å². The van der Waals surface area contributed by atoms with Gasteiger partial charge in [-0.25, -0.2) is 0 Å². The topological polar surface area (TPSA) is 21.8 Å². The molecule has 1 fully saturated rings. The van der Waals surface area contributed by atoms with Crippen LogP contribution in [0.3, 0.4) is 0 Å². The Kier molecular flexibility index (Phi) is 2.63. The van der Waals surface area contributed by atoms with Crippen molar-refractivity contribution in [1.29, 1.82) is 0 Å². The van der Waals surface area contributed by atoms with Crippen LogP contribution in [0.1, 0.15) is 0 Å². The molecule has 4 heteroatoms. The second kappa shape index (κ2) is 3.74. The number of benzene rings is 1. The summed E-state index contributed by atoms with van der Waals surface area (Å²) >= 11 is 11.5. The van der Waals surface area contributed by atoms with Crippen LogP contribution in [0, 0.1) is 0 Å². The summed E-state index contributed by atoms with van der Waals surface area (Å²) in [6, 6.07) is 5.20. The van der Waals surface area contributed by atoms with Gasteiger partial charge in [0, 0.05) is 6.07 Å². The van der Waals surface area contributed by atoms with Gasteiger partial charge in [0.25, 0.3) is 0 Å². The van der Waals surface area contributed by atoms with Crippen molar-refractivity contribution in [3.8, 4) is 5.75 Å². The van der Waals surface area contributed by atoms with Crippen molar-refractivity contribution in [2.45, 2.75) is 6.10 Å². The van der Waals surface area contributed by atoms with Crippen molar-refractivity contribution in [2.24, 2.45) is 0 Å². The van der Waals surface area contributed by atoms with Crippen LogP contribution in [0.4, 0.5) is 0 Å². The largest absolute Gasteiger partial charge is 0.491 e. The fourth-order valence-electron chi connectivity index (χ4n) is 0.920. The first-order valence-corrected chi connectivity index (χ1v) is 4.71. The molecular formula is C9H8Cl2O2. The number of halogens is 2. The van der Waals surface area contributed by atoms with E-state index in [2.05, 4.69) is 0 Å². The van der Waals surface area contributed by atoms with Crippen molar-refractivity contribution in [3.05, 3.63) is 28.2 Å². The average Bonchev–Trinajstić information content (AvgIpc) is 2.91. The van der Waals surface area contributed by atoms with Crippen LogP contribution >= 0.6 is 23.2 Å². The molecule has 0 aliphatic carbocycles. The fraction of sp³-hybridized carbons (Fsp3) is 0.333. The highest BCUT2D eigenvalue weighted by atomic mass is 35.5. The third-order valence-corrected chi connectivity index (χ3v) is 2.47. The Morgan fingerprint density at radius 2 is 2.15 bits per heavy atom. The predicted octanol–water partition coefficient (Wildman–Crippen LogP) is 2.77. The first-order chi connectivity index (χ1) is 6.25. The smallest absolute Gasteiger partial charge is 0.121 e. The summed E-state index contributed by atoms with van der Waals surface area (Å²) in [6.07, 6.45) is 0.259. The molecule has 0 aromatic heterocycles. The van der Waals surface area contributed by atoms with E-state index >= 15 is 0 Å². The summed E-state index contributed by atoms with van der Waals surface area (Å²) in [5, 5.41) is 1.05. The van der Waals surface area contributed by atoms with Crippen LogP contribution in [0.2, 0.25) is 10.0 Å². The Morgan fingerprint density at radius 1 is 1.38 bits per heavy atom. The van der Waals surface area contributed by atoms with Crippen molar-refractivity contribution in [2.75, 3.05) is 13.2 Å². The maximum atomic E-state index is 5.80. The molecule has 1 saturated heterocycles. The molecule has 0 N–H and O–H groups in total. The first kappa shape index (κ1) is 9.13. The molecule has 2 nitrogen and oxygen atoms in total. The maximum absolute atomic E-state index is 5.80. The molecule has 0 bridgehead atoms. The molecule has 13 heavy (non-hydrogen) atoms. The lowest BCUT2D eigenvalue weighted by Crippen LogP contribution is -2.03. The second-order valence-electron chi connectivity index (χ2n) is 2.84. The normalized spacial score (nSPS) is 20.0. The molecule has 0 unspecified atom stereocenters. The molecule has 1 aliphatic rings. The Balaban J connectivity index is 1.98. The van der Waals surface area contributed by atoms with Gasteiger partial charge in [-0.1, -0.05) is 23.2 Å². The zero-order valence-corrected chi connectivity index (χ0v) is 8.31. The highest BCUT2D eigenvalue weighted by molar-refractivity contribution is 6.42. The zero-order chi connectivity index (χ0) is 9.26. The van der Waals surface area contributed by atoms with E-state index in [1.807, 2.05) is 0 Å². The van der Waals surface area contributed by atoms with E-state index < -0.39 is 0 Å². The molecule has 1 heterocycles. The van der Waals surface area contributed by atoms with Crippen LogP contribution in [-0.2, 0) is 4.74 Å². The quantitative estimate of drug-likeness (QED) is 0.729. The Bertz CT molecular complexity index is 310. The van der Waals surface area contributed by atoms with Crippen LogP contribution in [0.25, 0.3) is 0 Å². The number of rotatable bonds is 3. The Hall–Kier alpha value is -0.440. The summed E-state index contributed by atoms with van der Waals surface area (Å²) in [5.74, 6) is 0.727. The van der Waals surface area contributed by atoms with E-state index in [0.717, 1.165) is 12.4 Å². The molecule has 0 radical (unpaired) electrons. The van der Waals surface area contributed by atoms with Crippen molar-refractivity contribution >= 4 is 23.2 Å². The van der Waals surface area contributed by atoms with Crippen molar-refractivity contribution in [1.82, 2.24) is 0 Å². The van der Waals surface area contributed by atoms with Crippen molar-refractivity contribution in [3.63, 3.8) is 0 Å². The molecule has 1 aliphatic heterocycles. The van der Waals surface area contributed by atoms with Crippen LogP contribution in [-0.4, -0.2) is 19.3 Å². The van der Waals surface area contributed by atoms with Gasteiger partial charge in [-0.15, -0.1) is 0 Å². The van der Waals surface area contributed by atoms with E-state index in [-0.39, 0.29) is 6.10 Å². The van der Waals surface area contributed by atoms with Crippen LogP contribution in [0.5, 0.6) is 5.75 Å². The lowest BCUT2D eigenvalue weighted by Gasteiger charge is -2.04. The van der Waals surface area contributed by atoms with E-state index in [1.165, 1.54) is 0 Å². The molecule has 1 atom stereocenters. The van der Waals surface area contributed by atoms with Crippen LogP contribution in [0.15, 0.2) is 18.2 Å². The standard InChI is InChI=1S/C9H8Cl2O2/c10-8-2-1-6(3-9(8)11)12-4-7-5-13-7/h1-3,7H,4-5H2/t7-/m0/s1. The lowest BCUT2D eigenvalue weighted by atomic mass is 10.3. The minimum Gasteiger partial charge on any atom is -0.491 e. The summed E-state index contributed by atoms with van der Waals surface area (Å²) < 4.78 is 10.4. The zero-order valence-electron chi connectivity index (χ0n) is 6.80. The lowest BCUT2D eigenvalue weighted by molar-refractivity contribution is 0.263. The van der Waals surface area contributed by atoms with Gasteiger partial charge in [-0.2, -0.15) is 0 Å². The Morgan fingerprint density at radius 3 is 2.77 bits per heavy atom. The SMILES string of the molecule is Clc1ccc(OC[C@H]2CO2)cc1Cl. The molecule has 2 rings (SSSR count). The molecular weight excluding hydrogens is 211 g/mol. The summed E-state index contributed by atoms with van der Waals surface area (Å²) in [7, 11) is 0. The number of epoxide rings is 1. The third kappa shape index (κ3) is 2.50. The second-order valence-corrected chi connectivity index (χ2v) is 3.66. The number of hydrogen-bond acceptors (Lipinski definition) is 2. The van der Waals surface area contributed by atoms with E-state index in [0.29, 0.717) is 16.7 Å². The Labute approximate surface area is 86.4 Å². The first-order valence-electron chi connectivity index (χ1n) is 3.95. The maximum Gasteiger partial charge on any atom is 0.121 e. The van der Waals surface area contributed by atoms with E-state index in [4.69, 9.17) is 32.7 Å². The monoisotopic (exact) mass is 218 g/mol. The summed E-state index contributed by atoms with van der Waals surface area (Å²) in [4.78, 5) is 0. The molecule has 1 aromatic carbocycles. The summed E-state index contributed by atoms with van der Waals surface area (Å²) in [5.41, 5.74) is 0. The van der Waals surface area contributed by atoms with Gasteiger partial charge in [0.1, 0.15) is 18.5 Å². The van der Waals surface area contributed by atoms with E-state index in [1.54, 1.807) is 18.2 Å². The average molecular weight is 219 g/mol. The van der Waals surface area contributed by atoms with Gasteiger partial charge in [0.05, 0.1) is 16.7 Å². The highest BCUT2D eigenvalue weighted by Gasteiger charge is 2.23. The number of hydrogen-bond donors (Lipinski definition) is 0. The molecule has 0 amide bonds. The minimum absolute atomic E-state index is 0.259. The van der Waals surface area contributed by atoms with Gasteiger partial charge in [0.15, 0.2) is 0 Å². The molecule has 0 spiro atoms. The minimum atomic E-state index is 0.259. The predicted molar refractivity (Wildman–Crippen MR) is 51.7 cm³/mol. The molecule has 70 valence electrons. The van der Waals surface area contributed by atoms with Gasteiger partial charge in [-0.3, -0.25) is 0 Å². The van der Waals surface area contributed by atoms with Gasteiger partial charge < -0.3 is 9.47 Å².